The van der Waals surface area contributed by atoms with E-state index in [1.54, 1.807) is 0 Å². The molecule has 0 saturated carbocycles. The molecule has 0 amide bonds. The van der Waals surface area contributed by atoms with E-state index >= 15 is 0 Å². The predicted octanol–water partition coefficient (Wildman–Crippen LogP) is 3.49. The number of hydrogen-bond acceptors (Lipinski definition) is 2. The van der Waals surface area contributed by atoms with Crippen LogP contribution in [0.3, 0.4) is 0 Å². The lowest BCUT2D eigenvalue weighted by Gasteiger charge is -2.22. The van der Waals surface area contributed by atoms with E-state index in [2.05, 4.69) is 58.1 Å². The summed E-state index contributed by atoms with van der Waals surface area (Å²) in [6.07, 6.45) is 5.31. The highest BCUT2D eigenvalue weighted by Crippen LogP contribution is 2.34. The van der Waals surface area contributed by atoms with E-state index in [9.17, 15) is 0 Å². The lowest BCUT2D eigenvalue weighted by atomic mass is 9.96. The maximum atomic E-state index is 5.91. The van der Waals surface area contributed by atoms with E-state index < -0.39 is 0 Å². The Balaban J connectivity index is 0.00000182. The summed E-state index contributed by atoms with van der Waals surface area (Å²) in [5.41, 5.74) is 1.37. The van der Waals surface area contributed by atoms with Crippen LogP contribution < -0.4 is 10.6 Å². The van der Waals surface area contributed by atoms with E-state index in [4.69, 9.17) is 4.74 Å². The Bertz CT molecular complexity index is 743. The minimum atomic E-state index is 0. The van der Waals surface area contributed by atoms with E-state index in [1.165, 1.54) is 29.2 Å². The van der Waals surface area contributed by atoms with Crippen molar-refractivity contribution in [3.63, 3.8) is 0 Å². The van der Waals surface area contributed by atoms with Gasteiger partial charge < -0.3 is 15.4 Å². The molecule has 0 spiro atoms. The van der Waals surface area contributed by atoms with Crippen molar-refractivity contribution in [1.29, 1.82) is 0 Å². The van der Waals surface area contributed by atoms with Gasteiger partial charge in [0.25, 0.3) is 0 Å². The molecule has 2 bridgehead atoms. The highest BCUT2D eigenvalue weighted by Gasteiger charge is 2.41. The van der Waals surface area contributed by atoms with Crippen LogP contribution >= 0.6 is 24.0 Å². The summed E-state index contributed by atoms with van der Waals surface area (Å²) in [6, 6.07) is 15.5. The lowest BCUT2D eigenvalue weighted by molar-refractivity contribution is 0.0992. The molecule has 2 aromatic carbocycles. The van der Waals surface area contributed by atoms with Crippen LogP contribution in [-0.4, -0.2) is 37.8 Å². The zero-order chi connectivity index (χ0) is 16.4. The molecule has 3 atom stereocenters. The molecule has 25 heavy (non-hydrogen) atoms. The molecule has 2 fully saturated rings. The molecule has 2 N–H and O–H groups in total. The first kappa shape index (κ1) is 18.5. The third-order valence-electron chi connectivity index (χ3n) is 5.22. The first-order valence-electron chi connectivity index (χ1n) is 8.93. The lowest BCUT2D eigenvalue weighted by Crippen LogP contribution is -2.47. The summed E-state index contributed by atoms with van der Waals surface area (Å²) < 4.78 is 5.91. The fraction of sp³-hybridized carbons (Fsp3) is 0.450. The predicted molar refractivity (Wildman–Crippen MR) is 114 cm³/mol. The number of ether oxygens (including phenoxy) is 1. The van der Waals surface area contributed by atoms with Crippen LogP contribution in [0, 0.1) is 0 Å². The quantitative estimate of drug-likeness (QED) is 0.425. The molecule has 5 heteroatoms. The van der Waals surface area contributed by atoms with Crippen LogP contribution in [0.4, 0.5) is 0 Å². The first-order valence-corrected chi connectivity index (χ1v) is 8.93. The van der Waals surface area contributed by atoms with Gasteiger partial charge in [-0.1, -0.05) is 42.5 Å². The molecule has 2 aliphatic rings. The Hall–Kier alpha value is -1.34. The van der Waals surface area contributed by atoms with E-state index in [0.717, 1.165) is 25.3 Å². The smallest absolute Gasteiger partial charge is 0.191 e. The van der Waals surface area contributed by atoms with Crippen molar-refractivity contribution in [2.24, 2.45) is 4.99 Å². The van der Waals surface area contributed by atoms with Gasteiger partial charge in [0.05, 0.1) is 18.2 Å². The van der Waals surface area contributed by atoms with Crippen LogP contribution in [0.1, 0.15) is 24.8 Å². The van der Waals surface area contributed by atoms with Gasteiger partial charge >= 0.3 is 0 Å². The van der Waals surface area contributed by atoms with Crippen molar-refractivity contribution in [3.05, 3.63) is 48.0 Å². The van der Waals surface area contributed by atoms with Gasteiger partial charge in [-0.2, -0.15) is 0 Å². The highest BCUT2D eigenvalue weighted by molar-refractivity contribution is 14.0. The fourth-order valence-corrected chi connectivity index (χ4v) is 3.99. The minimum absolute atomic E-state index is 0. The van der Waals surface area contributed by atoms with Gasteiger partial charge in [-0.25, -0.2) is 0 Å². The SMILES string of the molecule is CN=C(NCCc1cccc2ccccc12)NC1CC2CCC1O2.I. The molecule has 4 nitrogen and oxygen atoms in total. The Kier molecular flexibility index (Phi) is 6.17. The molecule has 0 radical (unpaired) electrons. The third-order valence-corrected chi connectivity index (χ3v) is 5.22. The number of nitrogens with one attached hydrogen (secondary N) is 2. The number of fused-ring (bicyclic) bond motifs is 3. The number of halogens is 1. The van der Waals surface area contributed by atoms with Gasteiger partial charge in [-0.05, 0) is 42.0 Å². The molecule has 2 aromatic rings. The Morgan fingerprint density at radius 1 is 1.16 bits per heavy atom. The van der Waals surface area contributed by atoms with E-state index in [-0.39, 0.29) is 24.0 Å². The molecule has 2 saturated heterocycles. The number of rotatable bonds is 4. The number of nitrogens with zero attached hydrogens (tertiary/aromatic N) is 1. The maximum absolute atomic E-state index is 5.91. The number of aliphatic imine (C=N–C) groups is 1. The first-order chi connectivity index (χ1) is 11.8. The topological polar surface area (TPSA) is 45.7 Å². The number of guanidine groups is 1. The molecule has 0 aliphatic carbocycles. The van der Waals surface area contributed by atoms with Crippen molar-refractivity contribution in [1.82, 2.24) is 10.6 Å². The summed E-state index contributed by atoms with van der Waals surface area (Å²) >= 11 is 0. The van der Waals surface area contributed by atoms with Gasteiger partial charge in [-0.3, -0.25) is 4.99 Å². The summed E-state index contributed by atoms with van der Waals surface area (Å²) in [6.45, 7) is 0.870. The van der Waals surface area contributed by atoms with Crippen molar-refractivity contribution in [2.75, 3.05) is 13.6 Å². The molecular formula is C20H26IN3O. The average molecular weight is 451 g/mol. The zero-order valence-electron chi connectivity index (χ0n) is 14.6. The summed E-state index contributed by atoms with van der Waals surface area (Å²) in [5, 5.41) is 9.63. The second-order valence-corrected chi connectivity index (χ2v) is 6.75. The summed E-state index contributed by atoms with van der Waals surface area (Å²) in [4.78, 5) is 4.37. The minimum Gasteiger partial charge on any atom is -0.373 e. The summed E-state index contributed by atoms with van der Waals surface area (Å²) in [5.74, 6) is 0.886. The van der Waals surface area contributed by atoms with E-state index in [0.29, 0.717) is 18.2 Å². The number of hydrogen-bond donors (Lipinski definition) is 2. The van der Waals surface area contributed by atoms with Crippen molar-refractivity contribution < 1.29 is 4.74 Å². The number of benzene rings is 2. The highest BCUT2D eigenvalue weighted by atomic mass is 127. The van der Waals surface area contributed by atoms with Crippen LogP contribution in [0.25, 0.3) is 10.8 Å². The van der Waals surface area contributed by atoms with Gasteiger partial charge in [0.2, 0.25) is 0 Å². The van der Waals surface area contributed by atoms with Crippen molar-refractivity contribution in [3.8, 4) is 0 Å². The molecule has 134 valence electrons. The average Bonchev–Trinajstić information content (AvgIpc) is 3.24. The standard InChI is InChI=1S/C20H25N3O.HI/c1-21-20(23-18-13-16-9-10-19(18)24-16)22-12-11-15-7-4-6-14-5-2-3-8-17(14)15;/h2-8,16,18-19H,9-13H2,1H3,(H2,21,22,23);1H. The van der Waals surface area contributed by atoms with Gasteiger partial charge in [-0.15, -0.1) is 24.0 Å². The van der Waals surface area contributed by atoms with Gasteiger partial charge in [0, 0.05) is 13.6 Å². The second kappa shape index (κ2) is 8.36. The fourth-order valence-electron chi connectivity index (χ4n) is 3.99. The van der Waals surface area contributed by atoms with Crippen molar-refractivity contribution in [2.45, 2.75) is 43.9 Å². The molecular weight excluding hydrogens is 425 g/mol. The molecule has 3 unspecified atom stereocenters. The maximum Gasteiger partial charge on any atom is 0.191 e. The Labute approximate surface area is 166 Å². The molecule has 2 heterocycles. The normalized spacial score (nSPS) is 25.0. The van der Waals surface area contributed by atoms with Crippen molar-refractivity contribution >= 4 is 40.7 Å². The van der Waals surface area contributed by atoms with Gasteiger partial charge in [0.1, 0.15) is 0 Å². The monoisotopic (exact) mass is 451 g/mol. The Morgan fingerprint density at radius 2 is 2.00 bits per heavy atom. The zero-order valence-corrected chi connectivity index (χ0v) is 16.9. The van der Waals surface area contributed by atoms with E-state index in [1.807, 2.05) is 7.05 Å². The molecule has 4 rings (SSSR count). The second-order valence-electron chi connectivity index (χ2n) is 6.75. The van der Waals surface area contributed by atoms with Crippen LogP contribution in [0.5, 0.6) is 0 Å². The van der Waals surface area contributed by atoms with Crippen LogP contribution in [0.2, 0.25) is 0 Å². The van der Waals surface area contributed by atoms with Gasteiger partial charge in [0.15, 0.2) is 5.96 Å². The largest absolute Gasteiger partial charge is 0.373 e. The van der Waals surface area contributed by atoms with Crippen LogP contribution in [-0.2, 0) is 11.2 Å². The third kappa shape index (κ3) is 4.08. The molecule has 0 aromatic heterocycles. The summed E-state index contributed by atoms with van der Waals surface area (Å²) in [7, 11) is 1.83. The Morgan fingerprint density at radius 3 is 2.76 bits per heavy atom. The molecule has 2 aliphatic heterocycles. The van der Waals surface area contributed by atoms with Crippen LogP contribution in [0.15, 0.2) is 47.5 Å².